The molecule has 1 unspecified atom stereocenters. The average Bonchev–Trinajstić information content (AvgIpc) is 2.11. The molecule has 7 heteroatoms. The van der Waals surface area contributed by atoms with Gasteiger partial charge in [0.25, 0.3) is 0 Å². The number of carboxylic acid groups (broad SMARTS) is 1. The fourth-order valence-corrected chi connectivity index (χ4v) is 1.75. The molecule has 0 bridgehead atoms. The summed E-state index contributed by atoms with van der Waals surface area (Å²) in [6.07, 6.45) is 0.493. The summed E-state index contributed by atoms with van der Waals surface area (Å²) in [5.41, 5.74) is 0. The van der Waals surface area contributed by atoms with Crippen molar-refractivity contribution in [1.29, 1.82) is 5.26 Å². The van der Waals surface area contributed by atoms with Crippen LogP contribution in [0.4, 0.5) is 0 Å². The molecular formula is C8H14N2O4S. The lowest BCUT2D eigenvalue weighted by atomic mass is 10.0. The number of sulfonamides is 1. The van der Waals surface area contributed by atoms with Crippen molar-refractivity contribution >= 4 is 16.0 Å². The lowest BCUT2D eigenvalue weighted by Crippen LogP contribution is -2.31. The Balaban J connectivity index is 4.12. The third kappa shape index (κ3) is 6.88. The molecule has 0 aliphatic heterocycles. The lowest BCUT2D eigenvalue weighted by molar-refractivity contribution is -0.138. The van der Waals surface area contributed by atoms with Crippen molar-refractivity contribution in [1.82, 2.24) is 4.72 Å². The molecule has 0 radical (unpaired) electrons. The summed E-state index contributed by atoms with van der Waals surface area (Å²) in [4.78, 5) is 10.4. The van der Waals surface area contributed by atoms with Crippen molar-refractivity contribution in [2.24, 2.45) is 5.92 Å². The SMILES string of the molecule is CCC(CNS(=O)(=O)CC#N)CC(=O)O. The van der Waals surface area contributed by atoms with E-state index in [0.717, 1.165) is 0 Å². The predicted octanol–water partition coefficient (Wildman–Crippen LogP) is -0.0697. The molecule has 0 fully saturated rings. The maximum atomic E-state index is 11.1. The second-order valence-electron chi connectivity index (χ2n) is 3.14. The summed E-state index contributed by atoms with van der Waals surface area (Å²) in [6, 6.07) is 1.52. The number of nitrogens with zero attached hydrogens (tertiary/aromatic N) is 1. The maximum Gasteiger partial charge on any atom is 0.303 e. The molecule has 2 N–H and O–H groups in total. The zero-order valence-corrected chi connectivity index (χ0v) is 9.25. The largest absolute Gasteiger partial charge is 0.481 e. The quantitative estimate of drug-likeness (QED) is 0.641. The molecule has 0 spiro atoms. The molecule has 86 valence electrons. The van der Waals surface area contributed by atoms with E-state index in [-0.39, 0.29) is 18.9 Å². The predicted molar refractivity (Wildman–Crippen MR) is 53.4 cm³/mol. The van der Waals surface area contributed by atoms with Crippen LogP contribution in [0.25, 0.3) is 0 Å². The number of hydrogen-bond acceptors (Lipinski definition) is 4. The van der Waals surface area contributed by atoms with Gasteiger partial charge < -0.3 is 5.11 Å². The van der Waals surface area contributed by atoms with E-state index in [2.05, 4.69) is 4.72 Å². The maximum absolute atomic E-state index is 11.1. The number of aliphatic carboxylic acids is 1. The van der Waals surface area contributed by atoms with Gasteiger partial charge in [0.2, 0.25) is 10.0 Å². The molecule has 0 aliphatic carbocycles. The van der Waals surface area contributed by atoms with Crippen LogP contribution in [0.15, 0.2) is 0 Å². The van der Waals surface area contributed by atoms with Crippen LogP contribution in [0, 0.1) is 17.2 Å². The fraction of sp³-hybridized carbons (Fsp3) is 0.750. The Morgan fingerprint density at radius 1 is 1.60 bits per heavy atom. The molecule has 0 heterocycles. The third-order valence-corrected chi connectivity index (χ3v) is 3.00. The van der Waals surface area contributed by atoms with Crippen LogP contribution in [-0.4, -0.2) is 31.8 Å². The Labute approximate surface area is 89.0 Å². The highest BCUT2D eigenvalue weighted by Crippen LogP contribution is 2.06. The second-order valence-corrected chi connectivity index (χ2v) is 4.94. The number of nitrogens with one attached hydrogen (secondary N) is 1. The molecule has 0 saturated heterocycles. The van der Waals surface area contributed by atoms with Crippen molar-refractivity contribution in [3.8, 4) is 6.07 Å². The van der Waals surface area contributed by atoms with E-state index < -0.39 is 21.7 Å². The van der Waals surface area contributed by atoms with E-state index in [9.17, 15) is 13.2 Å². The molecule has 1 atom stereocenters. The molecule has 0 saturated carbocycles. The van der Waals surface area contributed by atoms with Gasteiger partial charge in [0, 0.05) is 13.0 Å². The summed E-state index contributed by atoms with van der Waals surface area (Å²) >= 11 is 0. The molecule has 6 nitrogen and oxygen atoms in total. The number of carbonyl (C=O) groups is 1. The third-order valence-electron chi connectivity index (χ3n) is 1.89. The smallest absolute Gasteiger partial charge is 0.303 e. The van der Waals surface area contributed by atoms with Gasteiger partial charge >= 0.3 is 5.97 Å². The van der Waals surface area contributed by atoms with Gasteiger partial charge in [-0.15, -0.1) is 0 Å². The number of hydrogen-bond donors (Lipinski definition) is 2. The van der Waals surface area contributed by atoms with Gasteiger partial charge in [-0.3, -0.25) is 4.79 Å². The first-order chi connectivity index (χ1) is 6.91. The molecule has 15 heavy (non-hydrogen) atoms. The highest BCUT2D eigenvalue weighted by molar-refractivity contribution is 7.89. The first kappa shape index (κ1) is 13.9. The summed E-state index contributed by atoms with van der Waals surface area (Å²) < 4.78 is 24.3. The number of rotatable bonds is 7. The van der Waals surface area contributed by atoms with E-state index in [4.69, 9.17) is 10.4 Å². The van der Waals surface area contributed by atoms with Crippen molar-refractivity contribution in [2.75, 3.05) is 12.3 Å². The van der Waals surface area contributed by atoms with E-state index in [1.807, 2.05) is 0 Å². The Hall–Kier alpha value is -1.13. The van der Waals surface area contributed by atoms with Crippen LogP contribution in [0.2, 0.25) is 0 Å². The van der Waals surface area contributed by atoms with Gasteiger partial charge in [-0.05, 0) is 5.92 Å². The molecule has 0 aromatic heterocycles. The van der Waals surface area contributed by atoms with E-state index in [1.165, 1.54) is 6.07 Å². The second kappa shape index (κ2) is 6.37. The zero-order chi connectivity index (χ0) is 11.9. The lowest BCUT2D eigenvalue weighted by Gasteiger charge is -2.12. The van der Waals surface area contributed by atoms with Crippen LogP contribution in [0.1, 0.15) is 19.8 Å². The van der Waals surface area contributed by atoms with Gasteiger partial charge in [0.05, 0.1) is 6.07 Å². The monoisotopic (exact) mass is 234 g/mol. The highest BCUT2D eigenvalue weighted by Gasteiger charge is 2.15. The standard InChI is InChI=1S/C8H14N2O4S/c1-2-7(5-8(11)12)6-10-15(13,14)4-3-9/h7,10H,2,4-6H2,1H3,(H,11,12). The molecule has 0 rings (SSSR count). The normalized spacial score (nSPS) is 13.1. The van der Waals surface area contributed by atoms with E-state index in [0.29, 0.717) is 6.42 Å². The Morgan fingerprint density at radius 3 is 2.60 bits per heavy atom. The van der Waals surface area contributed by atoms with Gasteiger partial charge in [0.1, 0.15) is 0 Å². The highest BCUT2D eigenvalue weighted by atomic mass is 32.2. The summed E-state index contributed by atoms with van der Waals surface area (Å²) in [5.74, 6) is -1.80. The van der Waals surface area contributed by atoms with Crippen LogP contribution >= 0.6 is 0 Å². The molecule has 0 aliphatic rings. The number of carboxylic acids is 1. The summed E-state index contributed by atoms with van der Waals surface area (Å²) in [6.45, 7) is 1.85. The van der Waals surface area contributed by atoms with Crippen molar-refractivity contribution in [3.05, 3.63) is 0 Å². The van der Waals surface area contributed by atoms with Crippen molar-refractivity contribution in [2.45, 2.75) is 19.8 Å². The average molecular weight is 234 g/mol. The van der Waals surface area contributed by atoms with Crippen molar-refractivity contribution < 1.29 is 18.3 Å². The summed E-state index contributed by atoms with van der Waals surface area (Å²) in [7, 11) is -3.58. The minimum atomic E-state index is -3.58. The number of nitriles is 1. The molecule has 0 aromatic carbocycles. The van der Waals surface area contributed by atoms with Gasteiger partial charge in [-0.2, -0.15) is 5.26 Å². The molecule has 0 amide bonds. The van der Waals surface area contributed by atoms with E-state index >= 15 is 0 Å². The Kier molecular flexibility index (Phi) is 5.89. The van der Waals surface area contributed by atoms with Gasteiger partial charge in [0.15, 0.2) is 5.75 Å². The Bertz CT molecular complexity index is 344. The van der Waals surface area contributed by atoms with Crippen LogP contribution in [-0.2, 0) is 14.8 Å². The first-order valence-corrected chi connectivity index (χ1v) is 6.12. The first-order valence-electron chi connectivity index (χ1n) is 4.47. The fourth-order valence-electron chi connectivity index (χ4n) is 0.989. The van der Waals surface area contributed by atoms with Gasteiger partial charge in [-0.1, -0.05) is 13.3 Å². The van der Waals surface area contributed by atoms with Crippen LogP contribution in [0.5, 0.6) is 0 Å². The van der Waals surface area contributed by atoms with Crippen molar-refractivity contribution in [3.63, 3.8) is 0 Å². The molecule has 0 aromatic rings. The van der Waals surface area contributed by atoms with Crippen LogP contribution in [0.3, 0.4) is 0 Å². The topological polar surface area (TPSA) is 107 Å². The zero-order valence-electron chi connectivity index (χ0n) is 8.43. The minimum Gasteiger partial charge on any atom is -0.481 e. The minimum absolute atomic E-state index is 0.0623. The Morgan fingerprint density at radius 2 is 2.20 bits per heavy atom. The summed E-state index contributed by atoms with van der Waals surface area (Å²) in [5, 5.41) is 16.7. The van der Waals surface area contributed by atoms with Crippen LogP contribution < -0.4 is 4.72 Å². The van der Waals surface area contributed by atoms with E-state index in [1.54, 1.807) is 6.92 Å². The molecular weight excluding hydrogens is 220 g/mol. The van der Waals surface area contributed by atoms with Gasteiger partial charge in [-0.25, -0.2) is 13.1 Å².